The lowest BCUT2D eigenvalue weighted by molar-refractivity contribution is 0.242. The van der Waals surface area contributed by atoms with Gasteiger partial charge in [-0.2, -0.15) is 0 Å². The molecule has 4 rings (SSSR count). The summed E-state index contributed by atoms with van der Waals surface area (Å²) >= 11 is 0. The molecule has 0 bridgehead atoms. The molecule has 0 saturated carbocycles. The minimum absolute atomic E-state index is 0.174. The molecule has 0 radical (unpaired) electrons. The summed E-state index contributed by atoms with van der Waals surface area (Å²) < 4.78 is 5.11. The number of nitrogens with zero attached hydrogens (tertiary/aromatic N) is 4. The van der Waals surface area contributed by atoms with Crippen molar-refractivity contribution < 1.29 is 14.9 Å². The average molecular weight is 364 g/mol. The lowest BCUT2D eigenvalue weighted by Gasteiger charge is -2.28. The number of pyridine rings is 1. The Bertz CT molecular complexity index is 963. The van der Waals surface area contributed by atoms with Gasteiger partial charge in [0.2, 0.25) is 5.75 Å². The van der Waals surface area contributed by atoms with Crippen LogP contribution >= 0.6 is 0 Å². The lowest BCUT2D eigenvalue weighted by atomic mass is 10.1. The first-order chi connectivity index (χ1) is 13.1. The second-order valence-electron chi connectivity index (χ2n) is 6.53. The first-order valence-corrected chi connectivity index (χ1v) is 8.70. The summed E-state index contributed by atoms with van der Waals surface area (Å²) in [5.41, 5.74) is 4.01. The van der Waals surface area contributed by atoms with Gasteiger partial charge < -0.3 is 14.9 Å². The summed E-state index contributed by atoms with van der Waals surface area (Å²) in [5.74, 6) is 0.583. The van der Waals surface area contributed by atoms with Crippen LogP contribution in [0, 0.1) is 0 Å². The number of phenols is 2. The molecule has 7 nitrogen and oxygen atoms in total. The average Bonchev–Trinajstić information content (AvgIpc) is 2.71. The van der Waals surface area contributed by atoms with E-state index in [-0.39, 0.29) is 17.2 Å². The molecule has 1 aromatic carbocycles. The number of methoxy groups -OCH3 is 1. The second kappa shape index (κ2) is 7.20. The molecule has 0 unspecified atom stereocenters. The fourth-order valence-corrected chi connectivity index (χ4v) is 3.30. The van der Waals surface area contributed by atoms with E-state index in [1.54, 1.807) is 24.5 Å². The summed E-state index contributed by atoms with van der Waals surface area (Å²) in [7, 11) is 1.47. The minimum atomic E-state index is -0.234. The molecular weight excluding hydrogens is 344 g/mol. The zero-order chi connectivity index (χ0) is 18.8. The van der Waals surface area contributed by atoms with E-state index in [2.05, 4.69) is 14.9 Å². The predicted molar refractivity (Wildman–Crippen MR) is 99.4 cm³/mol. The van der Waals surface area contributed by atoms with Crippen molar-refractivity contribution in [2.24, 2.45) is 0 Å². The van der Waals surface area contributed by atoms with Crippen LogP contribution in [0.1, 0.15) is 16.8 Å². The highest BCUT2D eigenvalue weighted by Crippen LogP contribution is 2.36. The van der Waals surface area contributed by atoms with Crippen LogP contribution < -0.4 is 4.74 Å². The minimum Gasteiger partial charge on any atom is -0.504 e. The Kier molecular flexibility index (Phi) is 4.60. The standard InChI is InChI=1S/C20H20N4O3/c1-27-18-9-13(8-17(25)19(18)26)11-24-7-4-16-15(12-24)10-22-20(23-16)14-2-5-21-6-3-14/h2-3,5-6,8-10,25-26H,4,7,11-12H2,1H3. The third-order valence-corrected chi connectivity index (χ3v) is 4.69. The van der Waals surface area contributed by atoms with Gasteiger partial charge in [0.1, 0.15) is 0 Å². The molecule has 3 aromatic rings. The highest BCUT2D eigenvalue weighted by atomic mass is 16.5. The smallest absolute Gasteiger partial charge is 0.200 e. The summed E-state index contributed by atoms with van der Waals surface area (Å²) in [5, 5.41) is 19.6. The van der Waals surface area contributed by atoms with Gasteiger partial charge in [-0.3, -0.25) is 9.88 Å². The Labute approximate surface area is 156 Å². The maximum atomic E-state index is 9.87. The third-order valence-electron chi connectivity index (χ3n) is 4.69. The molecule has 0 fully saturated rings. The van der Waals surface area contributed by atoms with Gasteiger partial charge in [-0.1, -0.05) is 0 Å². The Morgan fingerprint density at radius 3 is 2.78 bits per heavy atom. The molecule has 0 spiro atoms. The monoisotopic (exact) mass is 364 g/mol. The van der Waals surface area contributed by atoms with Crippen molar-refractivity contribution in [3.8, 4) is 28.6 Å². The predicted octanol–water partition coefficient (Wildman–Crippen LogP) is 2.52. The highest BCUT2D eigenvalue weighted by Gasteiger charge is 2.20. The van der Waals surface area contributed by atoms with Crippen LogP contribution in [0.5, 0.6) is 17.2 Å². The first-order valence-electron chi connectivity index (χ1n) is 8.70. The number of aromatic nitrogens is 3. The van der Waals surface area contributed by atoms with Crippen molar-refractivity contribution in [3.05, 3.63) is 59.7 Å². The summed E-state index contributed by atoms with van der Waals surface area (Å²) in [4.78, 5) is 15.5. The fourth-order valence-electron chi connectivity index (χ4n) is 3.30. The van der Waals surface area contributed by atoms with Crippen molar-refractivity contribution in [1.82, 2.24) is 19.9 Å². The number of fused-ring (bicyclic) bond motifs is 1. The Hall–Kier alpha value is -3.19. The molecule has 3 heterocycles. The molecular formula is C20H20N4O3. The van der Waals surface area contributed by atoms with E-state index in [9.17, 15) is 10.2 Å². The van der Waals surface area contributed by atoms with Crippen LogP contribution in [0.4, 0.5) is 0 Å². The van der Waals surface area contributed by atoms with Crippen LogP contribution in [-0.2, 0) is 19.5 Å². The third kappa shape index (κ3) is 3.54. The van der Waals surface area contributed by atoms with Gasteiger partial charge in [0.15, 0.2) is 17.3 Å². The largest absolute Gasteiger partial charge is 0.504 e. The fraction of sp³-hybridized carbons (Fsp3) is 0.250. The quantitative estimate of drug-likeness (QED) is 0.687. The maximum absolute atomic E-state index is 9.87. The molecule has 2 N–H and O–H groups in total. The van der Waals surface area contributed by atoms with Gasteiger partial charge in [0.25, 0.3) is 0 Å². The van der Waals surface area contributed by atoms with Crippen LogP contribution in [0.25, 0.3) is 11.4 Å². The number of hydrogen-bond acceptors (Lipinski definition) is 7. The maximum Gasteiger partial charge on any atom is 0.200 e. The lowest BCUT2D eigenvalue weighted by Crippen LogP contribution is -2.31. The number of ether oxygens (including phenoxy) is 1. The van der Waals surface area contributed by atoms with E-state index in [0.29, 0.717) is 6.54 Å². The molecule has 1 aliphatic rings. The molecule has 0 aliphatic carbocycles. The van der Waals surface area contributed by atoms with E-state index >= 15 is 0 Å². The van der Waals surface area contributed by atoms with Crippen molar-refractivity contribution >= 4 is 0 Å². The number of aromatic hydroxyl groups is 2. The highest BCUT2D eigenvalue weighted by molar-refractivity contribution is 5.54. The molecule has 0 atom stereocenters. The van der Waals surface area contributed by atoms with Crippen molar-refractivity contribution in [1.29, 1.82) is 0 Å². The molecule has 138 valence electrons. The van der Waals surface area contributed by atoms with Crippen LogP contribution in [-0.4, -0.2) is 43.7 Å². The Morgan fingerprint density at radius 1 is 1.19 bits per heavy atom. The number of benzene rings is 1. The summed E-state index contributed by atoms with van der Waals surface area (Å²) in [6.07, 6.45) is 6.19. The number of rotatable bonds is 4. The molecule has 2 aromatic heterocycles. The van der Waals surface area contributed by atoms with Crippen LogP contribution in [0.3, 0.4) is 0 Å². The van der Waals surface area contributed by atoms with E-state index < -0.39 is 0 Å². The number of phenolic OH excluding ortho intramolecular Hbond substituents is 2. The first kappa shape index (κ1) is 17.2. The van der Waals surface area contributed by atoms with Gasteiger partial charge in [-0.05, 0) is 29.8 Å². The van der Waals surface area contributed by atoms with Crippen LogP contribution in [0.2, 0.25) is 0 Å². The molecule has 0 amide bonds. The normalized spacial score (nSPS) is 14.0. The van der Waals surface area contributed by atoms with E-state index in [1.807, 2.05) is 18.3 Å². The van der Waals surface area contributed by atoms with Gasteiger partial charge in [-0.15, -0.1) is 0 Å². The topological polar surface area (TPSA) is 91.6 Å². The van der Waals surface area contributed by atoms with Crippen molar-refractivity contribution in [2.45, 2.75) is 19.5 Å². The van der Waals surface area contributed by atoms with Gasteiger partial charge in [0.05, 0.1) is 12.8 Å². The molecule has 1 aliphatic heterocycles. The number of hydrogen-bond donors (Lipinski definition) is 2. The van der Waals surface area contributed by atoms with Crippen molar-refractivity contribution in [3.63, 3.8) is 0 Å². The zero-order valence-electron chi connectivity index (χ0n) is 15.0. The molecule has 27 heavy (non-hydrogen) atoms. The summed E-state index contributed by atoms with van der Waals surface area (Å²) in [6, 6.07) is 7.12. The molecule has 7 heteroatoms. The zero-order valence-corrected chi connectivity index (χ0v) is 15.0. The van der Waals surface area contributed by atoms with Gasteiger partial charge in [-0.25, -0.2) is 9.97 Å². The summed E-state index contributed by atoms with van der Waals surface area (Å²) in [6.45, 7) is 2.22. The van der Waals surface area contributed by atoms with Crippen LogP contribution in [0.15, 0.2) is 42.9 Å². The SMILES string of the molecule is COc1cc(CN2CCc3nc(-c4ccncc4)ncc3C2)cc(O)c1O. The second-order valence-corrected chi connectivity index (χ2v) is 6.53. The Morgan fingerprint density at radius 2 is 2.00 bits per heavy atom. The molecule has 0 saturated heterocycles. The van der Waals surface area contributed by atoms with Gasteiger partial charge in [0, 0.05) is 55.8 Å². The van der Waals surface area contributed by atoms with E-state index in [0.717, 1.165) is 47.7 Å². The van der Waals surface area contributed by atoms with Gasteiger partial charge >= 0.3 is 0 Å². The van der Waals surface area contributed by atoms with E-state index in [4.69, 9.17) is 9.72 Å². The van der Waals surface area contributed by atoms with Crippen molar-refractivity contribution in [2.75, 3.05) is 13.7 Å². The Balaban J connectivity index is 1.51. The van der Waals surface area contributed by atoms with E-state index in [1.165, 1.54) is 7.11 Å².